The number of nitrogens with zero attached hydrogens (tertiary/aromatic N) is 4. The molecule has 3 heterocycles. The summed E-state index contributed by atoms with van der Waals surface area (Å²) in [7, 11) is 1.91. The lowest BCUT2D eigenvalue weighted by molar-refractivity contribution is -0.141. The van der Waals surface area contributed by atoms with E-state index in [1.54, 1.807) is 4.90 Å². The predicted molar refractivity (Wildman–Crippen MR) is 101 cm³/mol. The van der Waals surface area contributed by atoms with Gasteiger partial charge in [0.2, 0.25) is 0 Å². The zero-order chi connectivity index (χ0) is 20.6. The number of halogens is 3. The van der Waals surface area contributed by atoms with Crippen LogP contribution in [0, 0.1) is 0 Å². The Labute approximate surface area is 165 Å². The van der Waals surface area contributed by atoms with Gasteiger partial charge in [-0.3, -0.25) is 14.5 Å². The summed E-state index contributed by atoms with van der Waals surface area (Å²) in [5.41, 5.74) is 3.31. The zero-order valence-electron chi connectivity index (χ0n) is 15.8. The number of carbonyl (C=O) groups excluding carboxylic acids is 1. The monoisotopic (exact) mass is 400 g/mol. The van der Waals surface area contributed by atoms with E-state index in [4.69, 9.17) is 0 Å². The molecule has 5 nitrogen and oxygen atoms in total. The first-order valence-electron chi connectivity index (χ1n) is 9.27. The summed E-state index contributed by atoms with van der Waals surface area (Å²) in [5, 5.41) is 4.63. The third-order valence-corrected chi connectivity index (χ3v) is 5.11. The van der Waals surface area contributed by atoms with Crippen molar-refractivity contribution >= 4 is 5.91 Å². The number of aryl methyl sites for hydroxylation is 1. The van der Waals surface area contributed by atoms with Gasteiger partial charge in [0.15, 0.2) is 0 Å². The smallest absolute Gasteiger partial charge is 0.338 e. The van der Waals surface area contributed by atoms with E-state index in [-0.39, 0.29) is 11.5 Å². The molecule has 1 aromatic carbocycles. The average Bonchev–Trinajstić information content (AvgIpc) is 2.88. The summed E-state index contributed by atoms with van der Waals surface area (Å²) >= 11 is 0. The Balaban J connectivity index is 1.54. The first-order valence-corrected chi connectivity index (χ1v) is 9.27. The topological polar surface area (TPSA) is 51.0 Å². The molecule has 1 aliphatic heterocycles. The Morgan fingerprint density at radius 1 is 1.03 bits per heavy atom. The van der Waals surface area contributed by atoms with Gasteiger partial charge in [0.1, 0.15) is 5.69 Å². The SMILES string of the molecule is Cn1nc2c(c1-c1ccccc1)CCN(C(=O)c1ccc(C(F)(F)F)nc1)CC2. The van der Waals surface area contributed by atoms with E-state index < -0.39 is 11.9 Å². The second kappa shape index (κ2) is 7.35. The molecule has 0 fully saturated rings. The second-order valence-corrected chi connectivity index (χ2v) is 6.99. The second-order valence-electron chi connectivity index (χ2n) is 6.99. The molecule has 1 aliphatic rings. The molecule has 0 unspecified atom stereocenters. The van der Waals surface area contributed by atoms with Crippen LogP contribution in [0.1, 0.15) is 27.3 Å². The summed E-state index contributed by atoms with van der Waals surface area (Å²) in [6.45, 7) is 0.927. The van der Waals surface area contributed by atoms with Gasteiger partial charge in [0.05, 0.1) is 17.0 Å². The highest BCUT2D eigenvalue weighted by molar-refractivity contribution is 5.94. The summed E-state index contributed by atoms with van der Waals surface area (Å²) < 4.78 is 39.9. The third kappa shape index (κ3) is 3.74. The highest BCUT2D eigenvalue weighted by Gasteiger charge is 2.32. The van der Waals surface area contributed by atoms with Crippen molar-refractivity contribution < 1.29 is 18.0 Å². The standard InChI is InChI=1S/C21H19F3N4O/c1-27-19(14-5-3-2-4-6-14)16-9-11-28(12-10-17(16)26-27)20(29)15-7-8-18(25-13-15)21(22,23)24/h2-8,13H,9-12H2,1H3. The molecule has 0 N–H and O–H groups in total. The highest BCUT2D eigenvalue weighted by Crippen LogP contribution is 2.29. The summed E-state index contributed by atoms with van der Waals surface area (Å²) in [5.74, 6) is -0.318. The van der Waals surface area contributed by atoms with Crippen LogP contribution in [0.2, 0.25) is 0 Å². The van der Waals surface area contributed by atoms with Crippen molar-refractivity contribution in [2.45, 2.75) is 19.0 Å². The van der Waals surface area contributed by atoms with Gasteiger partial charge < -0.3 is 4.90 Å². The molecule has 8 heteroatoms. The van der Waals surface area contributed by atoms with Crippen molar-refractivity contribution in [1.82, 2.24) is 19.7 Å². The van der Waals surface area contributed by atoms with Crippen molar-refractivity contribution in [2.75, 3.05) is 13.1 Å². The quantitative estimate of drug-likeness (QED) is 0.659. The maximum absolute atomic E-state index is 12.8. The number of carbonyl (C=O) groups is 1. The predicted octanol–water partition coefficient (Wildman–Crippen LogP) is 3.74. The van der Waals surface area contributed by atoms with Crippen molar-refractivity contribution in [3.63, 3.8) is 0 Å². The van der Waals surface area contributed by atoms with Crippen molar-refractivity contribution in [1.29, 1.82) is 0 Å². The van der Waals surface area contributed by atoms with Crippen LogP contribution >= 0.6 is 0 Å². The fourth-order valence-corrected chi connectivity index (χ4v) is 3.72. The van der Waals surface area contributed by atoms with Gasteiger partial charge >= 0.3 is 6.18 Å². The molecule has 0 bridgehead atoms. The lowest BCUT2D eigenvalue weighted by Gasteiger charge is -2.20. The minimum atomic E-state index is -4.52. The normalized spacial score (nSPS) is 14.4. The molecule has 2 aromatic heterocycles. The van der Waals surface area contributed by atoms with Crippen molar-refractivity contribution in [3.8, 4) is 11.3 Å². The minimum Gasteiger partial charge on any atom is -0.338 e. The molecule has 0 spiro atoms. The maximum atomic E-state index is 12.8. The Morgan fingerprint density at radius 2 is 1.76 bits per heavy atom. The number of alkyl halides is 3. The molecule has 0 radical (unpaired) electrons. The van der Waals surface area contributed by atoms with Gasteiger partial charge in [-0.15, -0.1) is 0 Å². The van der Waals surface area contributed by atoms with Gasteiger partial charge in [0, 0.05) is 43.9 Å². The molecule has 0 atom stereocenters. The number of rotatable bonds is 2. The number of hydrogen-bond donors (Lipinski definition) is 0. The third-order valence-electron chi connectivity index (χ3n) is 5.11. The maximum Gasteiger partial charge on any atom is 0.433 e. The van der Waals surface area contributed by atoms with Crippen LogP contribution in [-0.2, 0) is 26.1 Å². The van der Waals surface area contributed by atoms with Gasteiger partial charge in [-0.05, 0) is 18.6 Å². The number of amides is 1. The molecule has 0 aliphatic carbocycles. The Bertz CT molecular complexity index is 1030. The molecular weight excluding hydrogens is 381 g/mol. The minimum absolute atomic E-state index is 0.154. The van der Waals surface area contributed by atoms with Crippen LogP contribution in [0.15, 0.2) is 48.7 Å². The van der Waals surface area contributed by atoms with Crippen LogP contribution in [0.5, 0.6) is 0 Å². The molecule has 29 heavy (non-hydrogen) atoms. The Hall–Kier alpha value is -3.16. The molecule has 150 valence electrons. The fraction of sp³-hybridized carbons (Fsp3) is 0.286. The van der Waals surface area contributed by atoms with E-state index in [1.807, 2.05) is 42.1 Å². The molecule has 3 aromatic rings. The highest BCUT2D eigenvalue weighted by atomic mass is 19.4. The fourth-order valence-electron chi connectivity index (χ4n) is 3.72. The van der Waals surface area contributed by atoms with Crippen molar-refractivity contribution in [2.24, 2.45) is 7.05 Å². The summed E-state index contributed by atoms with van der Waals surface area (Å²) in [6.07, 6.45) is -2.30. The molecular formula is C21H19F3N4O. The Morgan fingerprint density at radius 3 is 2.41 bits per heavy atom. The van der Waals surface area contributed by atoms with Gasteiger partial charge in [0.25, 0.3) is 5.91 Å². The van der Waals surface area contributed by atoms with Crippen LogP contribution in [0.25, 0.3) is 11.3 Å². The molecule has 0 saturated heterocycles. The Kier molecular flexibility index (Phi) is 4.86. The van der Waals surface area contributed by atoms with Crippen LogP contribution in [0.3, 0.4) is 0 Å². The van der Waals surface area contributed by atoms with E-state index in [1.165, 1.54) is 6.07 Å². The van der Waals surface area contributed by atoms with E-state index in [2.05, 4.69) is 10.1 Å². The van der Waals surface area contributed by atoms with Gasteiger partial charge in [-0.1, -0.05) is 30.3 Å². The van der Waals surface area contributed by atoms with E-state index in [0.29, 0.717) is 25.9 Å². The van der Waals surface area contributed by atoms with Crippen LogP contribution < -0.4 is 0 Å². The molecule has 4 rings (SSSR count). The van der Waals surface area contributed by atoms with Crippen LogP contribution in [0.4, 0.5) is 13.2 Å². The zero-order valence-corrected chi connectivity index (χ0v) is 15.8. The molecule has 1 amide bonds. The first kappa shape index (κ1) is 19.2. The van der Waals surface area contributed by atoms with E-state index in [0.717, 1.165) is 34.8 Å². The van der Waals surface area contributed by atoms with Crippen molar-refractivity contribution in [3.05, 3.63) is 71.2 Å². The number of fused-ring (bicyclic) bond motifs is 1. The van der Waals surface area contributed by atoms with E-state index >= 15 is 0 Å². The van der Waals surface area contributed by atoms with E-state index in [9.17, 15) is 18.0 Å². The number of hydrogen-bond acceptors (Lipinski definition) is 3. The average molecular weight is 400 g/mol. The number of pyridine rings is 1. The number of aromatic nitrogens is 3. The number of benzene rings is 1. The summed E-state index contributed by atoms with van der Waals surface area (Å²) in [4.78, 5) is 17.8. The first-order chi connectivity index (χ1) is 13.8. The van der Waals surface area contributed by atoms with Gasteiger partial charge in [-0.2, -0.15) is 18.3 Å². The lowest BCUT2D eigenvalue weighted by atomic mass is 10.0. The molecule has 0 saturated carbocycles. The summed E-state index contributed by atoms with van der Waals surface area (Å²) in [6, 6.07) is 12.0. The lowest BCUT2D eigenvalue weighted by Crippen LogP contribution is -2.33. The van der Waals surface area contributed by atoms with Crippen LogP contribution in [-0.4, -0.2) is 38.7 Å². The largest absolute Gasteiger partial charge is 0.433 e. The van der Waals surface area contributed by atoms with Gasteiger partial charge in [-0.25, -0.2) is 0 Å².